The maximum atomic E-state index is 14.1. The van der Waals surface area contributed by atoms with Crippen molar-refractivity contribution in [1.29, 1.82) is 0 Å². The number of tetrazole rings is 1. The second-order valence-electron chi connectivity index (χ2n) is 7.07. The fourth-order valence-corrected chi connectivity index (χ4v) is 3.25. The Labute approximate surface area is 186 Å². The lowest BCUT2D eigenvalue weighted by molar-refractivity contribution is 0.00174. The number of ether oxygens (including phenoxy) is 1. The molecule has 8 nitrogen and oxygen atoms in total. The SMILES string of the molecule is OC(CCc1ccc(F)cc1F)(Cn1cnnn1)c1ccc(Oc2ccc(Cl)cn2)cn1. The molecular weight excluding hydrogens is 442 g/mol. The number of benzene rings is 1. The fourth-order valence-electron chi connectivity index (χ4n) is 3.13. The molecule has 4 aromatic rings. The Hall–Kier alpha value is -3.50. The van der Waals surface area contributed by atoms with E-state index in [1.165, 1.54) is 35.5 Å². The van der Waals surface area contributed by atoms with E-state index in [1.807, 2.05) is 0 Å². The van der Waals surface area contributed by atoms with Crippen LogP contribution in [0.4, 0.5) is 8.78 Å². The number of aryl methyl sites for hydroxylation is 1. The summed E-state index contributed by atoms with van der Waals surface area (Å²) >= 11 is 5.82. The van der Waals surface area contributed by atoms with Gasteiger partial charge >= 0.3 is 0 Å². The zero-order chi connectivity index (χ0) is 22.6. The summed E-state index contributed by atoms with van der Waals surface area (Å²) in [5.74, 6) is -0.609. The molecule has 0 spiro atoms. The summed E-state index contributed by atoms with van der Waals surface area (Å²) in [5, 5.41) is 22.8. The van der Waals surface area contributed by atoms with Gasteiger partial charge in [-0.05, 0) is 53.1 Å². The number of hydrogen-bond acceptors (Lipinski definition) is 7. The van der Waals surface area contributed by atoms with Crippen molar-refractivity contribution < 1.29 is 18.6 Å². The first-order chi connectivity index (χ1) is 15.4. The van der Waals surface area contributed by atoms with Crippen LogP contribution < -0.4 is 4.74 Å². The maximum absolute atomic E-state index is 14.1. The molecule has 0 bridgehead atoms. The summed E-state index contributed by atoms with van der Waals surface area (Å²) in [6, 6.07) is 9.81. The highest BCUT2D eigenvalue weighted by atomic mass is 35.5. The van der Waals surface area contributed by atoms with E-state index in [2.05, 4.69) is 25.5 Å². The summed E-state index contributed by atoms with van der Waals surface area (Å²) in [7, 11) is 0. The monoisotopic (exact) mass is 458 g/mol. The molecule has 164 valence electrons. The molecule has 4 rings (SSSR count). The first-order valence-electron chi connectivity index (χ1n) is 9.54. The number of halogens is 3. The predicted molar refractivity (Wildman–Crippen MR) is 110 cm³/mol. The highest BCUT2D eigenvalue weighted by Crippen LogP contribution is 2.30. The average molecular weight is 459 g/mol. The number of aromatic nitrogens is 6. The van der Waals surface area contributed by atoms with Gasteiger partial charge in [0.15, 0.2) is 0 Å². The highest BCUT2D eigenvalue weighted by Gasteiger charge is 2.32. The summed E-state index contributed by atoms with van der Waals surface area (Å²) in [6.45, 7) is -0.0191. The molecule has 0 aliphatic rings. The van der Waals surface area contributed by atoms with Crippen LogP contribution in [0.1, 0.15) is 17.7 Å². The third-order valence-electron chi connectivity index (χ3n) is 4.77. The molecular formula is C21H17ClF2N6O2. The number of nitrogens with zero attached hydrogens (tertiary/aromatic N) is 6. The predicted octanol–water partition coefficient (Wildman–Crippen LogP) is 3.71. The van der Waals surface area contributed by atoms with Crippen molar-refractivity contribution in [3.63, 3.8) is 0 Å². The molecule has 1 atom stereocenters. The van der Waals surface area contributed by atoms with E-state index in [0.29, 0.717) is 22.3 Å². The van der Waals surface area contributed by atoms with Gasteiger partial charge in [-0.1, -0.05) is 17.7 Å². The van der Waals surface area contributed by atoms with E-state index in [-0.39, 0.29) is 24.9 Å². The van der Waals surface area contributed by atoms with Gasteiger partial charge in [0, 0.05) is 18.3 Å². The second kappa shape index (κ2) is 9.33. The molecule has 0 radical (unpaired) electrons. The van der Waals surface area contributed by atoms with Gasteiger partial charge in [0.05, 0.1) is 23.5 Å². The first kappa shape index (κ1) is 21.7. The lowest BCUT2D eigenvalue weighted by Gasteiger charge is -2.27. The van der Waals surface area contributed by atoms with Crippen molar-refractivity contribution in [1.82, 2.24) is 30.2 Å². The van der Waals surface area contributed by atoms with Crippen LogP contribution in [0, 0.1) is 11.6 Å². The third kappa shape index (κ3) is 5.21. The van der Waals surface area contributed by atoms with Gasteiger partial charge in [0.1, 0.15) is 29.3 Å². The van der Waals surface area contributed by atoms with Gasteiger partial charge < -0.3 is 9.84 Å². The van der Waals surface area contributed by atoms with E-state index >= 15 is 0 Å². The molecule has 1 unspecified atom stereocenters. The molecule has 0 amide bonds. The summed E-state index contributed by atoms with van der Waals surface area (Å²) < 4.78 is 34.3. The average Bonchev–Trinajstić information content (AvgIpc) is 3.28. The number of aliphatic hydroxyl groups is 1. The minimum atomic E-state index is -1.53. The Balaban J connectivity index is 1.55. The number of rotatable bonds is 8. The molecule has 3 heterocycles. The molecule has 32 heavy (non-hydrogen) atoms. The Kier molecular flexibility index (Phi) is 6.33. The topological polar surface area (TPSA) is 98.8 Å². The Morgan fingerprint density at radius 2 is 1.94 bits per heavy atom. The van der Waals surface area contributed by atoms with Gasteiger partial charge in [0.25, 0.3) is 0 Å². The Morgan fingerprint density at radius 3 is 2.59 bits per heavy atom. The zero-order valence-corrected chi connectivity index (χ0v) is 17.3. The van der Waals surface area contributed by atoms with Crippen LogP contribution in [0.15, 0.2) is 61.2 Å². The summed E-state index contributed by atoms with van der Waals surface area (Å²) in [6.07, 6.45) is 4.47. The van der Waals surface area contributed by atoms with Gasteiger partial charge in [-0.2, -0.15) is 0 Å². The van der Waals surface area contributed by atoms with Crippen LogP contribution in [0.3, 0.4) is 0 Å². The summed E-state index contributed by atoms with van der Waals surface area (Å²) in [5.41, 5.74) is -0.949. The number of pyridine rings is 2. The van der Waals surface area contributed by atoms with Crippen molar-refractivity contribution in [2.45, 2.75) is 25.0 Å². The van der Waals surface area contributed by atoms with Crippen molar-refractivity contribution in [2.24, 2.45) is 0 Å². The molecule has 0 aliphatic heterocycles. The quantitative estimate of drug-likeness (QED) is 0.429. The van der Waals surface area contributed by atoms with Gasteiger partial charge in [-0.3, -0.25) is 4.98 Å². The molecule has 11 heteroatoms. The van der Waals surface area contributed by atoms with Gasteiger partial charge in [-0.15, -0.1) is 5.10 Å². The van der Waals surface area contributed by atoms with Gasteiger partial charge in [0.2, 0.25) is 5.88 Å². The standard InChI is InChI=1S/C21H17ClF2N6O2/c22-15-2-6-20(26-10-15)32-17-4-5-19(25-11-17)21(31,12-30-13-27-28-29-30)8-7-14-1-3-16(23)9-18(14)24/h1-6,9-11,13,31H,7-8,12H2. The zero-order valence-electron chi connectivity index (χ0n) is 16.6. The van der Waals surface area contributed by atoms with Crippen LogP contribution >= 0.6 is 11.6 Å². The fraction of sp³-hybridized carbons (Fsp3) is 0.190. The van der Waals surface area contributed by atoms with Crippen LogP contribution in [0.25, 0.3) is 0 Å². The van der Waals surface area contributed by atoms with Crippen LogP contribution in [0.2, 0.25) is 5.02 Å². The van der Waals surface area contributed by atoms with Crippen LogP contribution in [-0.2, 0) is 18.6 Å². The molecule has 0 fully saturated rings. The van der Waals surface area contributed by atoms with E-state index < -0.39 is 17.2 Å². The Morgan fingerprint density at radius 1 is 1.06 bits per heavy atom. The van der Waals surface area contributed by atoms with Crippen LogP contribution in [0.5, 0.6) is 11.6 Å². The molecule has 0 saturated heterocycles. The first-order valence-corrected chi connectivity index (χ1v) is 9.92. The summed E-state index contributed by atoms with van der Waals surface area (Å²) in [4.78, 5) is 8.38. The van der Waals surface area contributed by atoms with Crippen molar-refractivity contribution >= 4 is 11.6 Å². The lowest BCUT2D eigenvalue weighted by atomic mass is 9.90. The normalized spacial score (nSPS) is 13.0. The molecule has 0 aliphatic carbocycles. The maximum Gasteiger partial charge on any atom is 0.219 e. The molecule has 1 aromatic carbocycles. The largest absolute Gasteiger partial charge is 0.437 e. The van der Waals surface area contributed by atoms with Crippen molar-refractivity contribution in [3.05, 3.63) is 89.1 Å². The van der Waals surface area contributed by atoms with Crippen LogP contribution in [-0.4, -0.2) is 35.3 Å². The second-order valence-corrected chi connectivity index (χ2v) is 7.51. The van der Waals surface area contributed by atoms with E-state index in [0.717, 1.165) is 6.07 Å². The molecule has 1 N–H and O–H groups in total. The van der Waals surface area contributed by atoms with Crippen molar-refractivity contribution in [3.8, 4) is 11.6 Å². The smallest absolute Gasteiger partial charge is 0.219 e. The minimum absolute atomic E-state index is 0.0191. The highest BCUT2D eigenvalue weighted by molar-refractivity contribution is 6.30. The molecule has 3 aromatic heterocycles. The lowest BCUT2D eigenvalue weighted by Crippen LogP contribution is -2.33. The third-order valence-corrected chi connectivity index (χ3v) is 5.00. The number of hydrogen-bond donors (Lipinski definition) is 1. The van der Waals surface area contributed by atoms with E-state index in [4.69, 9.17) is 16.3 Å². The van der Waals surface area contributed by atoms with Crippen molar-refractivity contribution in [2.75, 3.05) is 0 Å². The van der Waals surface area contributed by atoms with E-state index in [1.54, 1.807) is 24.3 Å². The minimum Gasteiger partial charge on any atom is -0.437 e. The van der Waals surface area contributed by atoms with Gasteiger partial charge in [-0.25, -0.2) is 18.4 Å². The van der Waals surface area contributed by atoms with E-state index in [9.17, 15) is 13.9 Å². The Bertz CT molecular complexity index is 1180. The molecule has 0 saturated carbocycles.